The highest BCUT2D eigenvalue weighted by molar-refractivity contribution is 6.30. The molecule has 5 nitrogen and oxygen atoms in total. The molecule has 10 heavy (non-hydrogen) atoms. The van der Waals surface area contributed by atoms with Crippen molar-refractivity contribution in [2.45, 2.75) is 13.8 Å². The van der Waals surface area contributed by atoms with Crippen LogP contribution in [0.5, 0.6) is 0 Å². The number of hydrazine groups is 1. The van der Waals surface area contributed by atoms with Crippen LogP contribution in [-0.2, 0) is 0 Å². The van der Waals surface area contributed by atoms with Crippen molar-refractivity contribution in [1.29, 1.82) is 0 Å². The van der Waals surface area contributed by atoms with Gasteiger partial charge in [-0.1, -0.05) is 13.8 Å². The molecule has 0 aromatic carbocycles. The van der Waals surface area contributed by atoms with Gasteiger partial charge in [-0.2, -0.15) is 0 Å². The first-order chi connectivity index (χ1) is 4.54. The summed E-state index contributed by atoms with van der Waals surface area (Å²) in [6.45, 7) is 5.94. The summed E-state index contributed by atoms with van der Waals surface area (Å²) in [7, 11) is -2.17. The van der Waals surface area contributed by atoms with E-state index in [1.54, 1.807) is 5.01 Å². The first-order valence-corrected chi connectivity index (χ1v) is 3.08. The summed E-state index contributed by atoms with van der Waals surface area (Å²) in [4.78, 5) is 0. The molecule has 62 valence electrons. The van der Waals surface area contributed by atoms with Crippen molar-refractivity contribution in [3.8, 4) is 0 Å². The van der Waals surface area contributed by atoms with Crippen LogP contribution in [0.1, 0.15) is 13.8 Å². The van der Waals surface area contributed by atoms with Crippen LogP contribution in [0, 0.1) is 0 Å². The van der Waals surface area contributed by atoms with Crippen LogP contribution in [-0.4, -0.2) is 40.5 Å². The third-order valence-electron chi connectivity index (χ3n) is 0.812. The lowest BCUT2D eigenvalue weighted by molar-refractivity contribution is 0.278. The molecule has 0 aliphatic heterocycles. The molecule has 0 aliphatic carbocycles. The van der Waals surface area contributed by atoms with E-state index in [0.717, 1.165) is 13.1 Å². The molecule has 0 heterocycles. The summed E-state index contributed by atoms with van der Waals surface area (Å²) in [6.07, 6.45) is 0. The summed E-state index contributed by atoms with van der Waals surface area (Å²) in [5, 5.41) is 23.3. The number of nitrogens with two attached hydrogens (primary N) is 1. The van der Waals surface area contributed by atoms with E-state index < -0.39 is 7.32 Å². The molecule has 0 atom stereocenters. The Hall–Kier alpha value is -0.135. The van der Waals surface area contributed by atoms with Crippen LogP contribution >= 0.6 is 0 Å². The van der Waals surface area contributed by atoms with Gasteiger partial charge in [0.15, 0.2) is 0 Å². The van der Waals surface area contributed by atoms with Gasteiger partial charge in [-0.15, -0.1) is 0 Å². The average molecular weight is 150 g/mol. The van der Waals surface area contributed by atoms with Gasteiger partial charge in [0.25, 0.3) is 0 Å². The second kappa shape index (κ2) is 8.86. The van der Waals surface area contributed by atoms with E-state index in [0.29, 0.717) is 0 Å². The number of hydrogen-bond donors (Lipinski definition) is 4. The lowest BCUT2D eigenvalue weighted by Crippen LogP contribution is -2.29. The lowest BCUT2D eigenvalue weighted by Gasteiger charge is -2.07. The molecule has 0 aromatic rings. The van der Waals surface area contributed by atoms with Gasteiger partial charge in [0.1, 0.15) is 0 Å². The maximum Gasteiger partial charge on any atom is 0.631 e. The monoisotopic (exact) mass is 150 g/mol. The standard InChI is InChI=1S/C4H12N2.BH3O3/c1-3-6(5)4-2;2-1(3)4/h3-5H2,1-2H3;2-4H. The molecule has 0 aromatic heterocycles. The first-order valence-electron chi connectivity index (χ1n) is 3.08. The molecular weight excluding hydrogens is 135 g/mol. The zero-order valence-electron chi connectivity index (χ0n) is 6.36. The minimum Gasteiger partial charge on any atom is -0.402 e. The third kappa shape index (κ3) is 24.8. The van der Waals surface area contributed by atoms with Gasteiger partial charge >= 0.3 is 7.32 Å². The Kier molecular flexibility index (Phi) is 11.1. The molecule has 0 amide bonds. The van der Waals surface area contributed by atoms with Crippen molar-refractivity contribution in [1.82, 2.24) is 5.01 Å². The molecule has 0 spiro atoms. The Morgan fingerprint density at radius 2 is 1.40 bits per heavy atom. The van der Waals surface area contributed by atoms with Crippen molar-refractivity contribution in [3.63, 3.8) is 0 Å². The Balaban J connectivity index is 0. The molecule has 0 saturated carbocycles. The highest BCUT2D eigenvalue weighted by Crippen LogP contribution is 1.68. The molecule has 0 radical (unpaired) electrons. The van der Waals surface area contributed by atoms with Crippen LogP contribution in [0.15, 0.2) is 0 Å². The molecule has 0 saturated heterocycles. The Morgan fingerprint density at radius 3 is 1.40 bits per heavy atom. The second-order valence-corrected chi connectivity index (χ2v) is 1.57. The molecular formula is C4H15BN2O3. The van der Waals surface area contributed by atoms with Crippen LogP contribution in [0.3, 0.4) is 0 Å². The normalized spacial score (nSPS) is 8.70. The minimum absolute atomic E-state index is 0.941. The molecule has 0 aliphatic rings. The first kappa shape index (κ1) is 12.5. The van der Waals surface area contributed by atoms with Crippen molar-refractivity contribution >= 4 is 7.32 Å². The fraction of sp³-hybridized carbons (Fsp3) is 1.00. The van der Waals surface area contributed by atoms with Crippen LogP contribution in [0.4, 0.5) is 0 Å². The van der Waals surface area contributed by atoms with Gasteiger partial charge in [0.2, 0.25) is 0 Å². The van der Waals surface area contributed by atoms with E-state index in [4.69, 9.17) is 20.9 Å². The minimum atomic E-state index is -2.17. The Labute approximate surface area is 61.2 Å². The predicted octanol–water partition coefficient (Wildman–Crippen LogP) is -1.85. The van der Waals surface area contributed by atoms with E-state index in [1.807, 2.05) is 13.8 Å². The van der Waals surface area contributed by atoms with Crippen LogP contribution < -0.4 is 5.84 Å². The zero-order chi connectivity index (χ0) is 8.57. The van der Waals surface area contributed by atoms with E-state index >= 15 is 0 Å². The number of nitrogens with zero attached hydrogens (tertiary/aromatic N) is 1. The Morgan fingerprint density at radius 1 is 1.20 bits per heavy atom. The third-order valence-corrected chi connectivity index (χ3v) is 0.812. The summed E-state index contributed by atoms with van der Waals surface area (Å²) in [5.41, 5.74) is 0. The fourth-order valence-electron chi connectivity index (χ4n) is 0.224. The van der Waals surface area contributed by atoms with Gasteiger partial charge in [0, 0.05) is 13.1 Å². The van der Waals surface area contributed by atoms with Crippen molar-refractivity contribution in [3.05, 3.63) is 0 Å². The fourth-order valence-corrected chi connectivity index (χ4v) is 0.224. The molecule has 6 heteroatoms. The van der Waals surface area contributed by atoms with Crippen molar-refractivity contribution in [2.24, 2.45) is 5.84 Å². The largest absolute Gasteiger partial charge is 0.631 e. The molecule has 0 fully saturated rings. The summed E-state index contributed by atoms with van der Waals surface area (Å²) in [6, 6.07) is 0. The Bertz CT molecular complexity index is 57.7. The maximum atomic E-state index is 7.17. The highest BCUT2D eigenvalue weighted by Gasteiger charge is 1.92. The zero-order valence-corrected chi connectivity index (χ0v) is 6.36. The van der Waals surface area contributed by atoms with Crippen LogP contribution in [0.25, 0.3) is 0 Å². The molecule has 0 rings (SSSR count). The smallest absolute Gasteiger partial charge is 0.402 e. The van der Waals surface area contributed by atoms with E-state index in [1.165, 1.54) is 0 Å². The molecule has 0 bridgehead atoms. The van der Waals surface area contributed by atoms with Gasteiger partial charge < -0.3 is 15.1 Å². The molecule has 5 N–H and O–H groups in total. The predicted molar refractivity (Wildman–Crippen MR) is 39.5 cm³/mol. The van der Waals surface area contributed by atoms with E-state index in [-0.39, 0.29) is 0 Å². The van der Waals surface area contributed by atoms with Crippen molar-refractivity contribution in [2.75, 3.05) is 13.1 Å². The van der Waals surface area contributed by atoms with Crippen LogP contribution in [0.2, 0.25) is 0 Å². The number of hydrogen-bond acceptors (Lipinski definition) is 5. The topological polar surface area (TPSA) is 90.0 Å². The SMILES string of the molecule is CCN(N)CC.OB(O)O. The lowest BCUT2D eigenvalue weighted by atomic mass is 10.3. The number of rotatable bonds is 2. The van der Waals surface area contributed by atoms with Gasteiger partial charge in [-0.3, -0.25) is 5.84 Å². The van der Waals surface area contributed by atoms with E-state index in [2.05, 4.69) is 0 Å². The summed E-state index contributed by atoms with van der Waals surface area (Å²) >= 11 is 0. The quantitative estimate of drug-likeness (QED) is 0.211. The maximum absolute atomic E-state index is 7.17. The highest BCUT2D eigenvalue weighted by atomic mass is 16.5. The van der Waals surface area contributed by atoms with E-state index in [9.17, 15) is 0 Å². The summed E-state index contributed by atoms with van der Waals surface area (Å²) < 4.78 is 0. The van der Waals surface area contributed by atoms with Gasteiger partial charge in [-0.25, -0.2) is 5.01 Å². The summed E-state index contributed by atoms with van der Waals surface area (Å²) in [5.74, 6) is 5.31. The van der Waals surface area contributed by atoms with Gasteiger partial charge in [-0.05, 0) is 0 Å². The second-order valence-electron chi connectivity index (χ2n) is 1.57. The van der Waals surface area contributed by atoms with Crippen molar-refractivity contribution < 1.29 is 15.1 Å². The average Bonchev–Trinajstić information content (AvgIpc) is 1.85. The van der Waals surface area contributed by atoms with Gasteiger partial charge in [0.05, 0.1) is 0 Å². The molecule has 0 unspecified atom stereocenters.